The van der Waals surface area contributed by atoms with E-state index in [1.807, 2.05) is 17.8 Å². The van der Waals surface area contributed by atoms with Crippen molar-refractivity contribution in [3.63, 3.8) is 0 Å². The van der Waals surface area contributed by atoms with E-state index < -0.39 is 0 Å². The molecule has 0 aliphatic carbocycles. The van der Waals surface area contributed by atoms with Crippen LogP contribution in [0.5, 0.6) is 0 Å². The quantitative estimate of drug-likeness (QED) is 0.766. The number of hydrogen-bond acceptors (Lipinski definition) is 5. The molecule has 1 atom stereocenters. The van der Waals surface area contributed by atoms with Crippen LogP contribution in [0.2, 0.25) is 0 Å². The number of anilines is 2. The van der Waals surface area contributed by atoms with Gasteiger partial charge in [-0.15, -0.1) is 0 Å². The fourth-order valence-corrected chi connectivity index (χ4v) is 1.91. The molecule has 1 rings (SSSR count). The number of aromatic nitrogens is 2. The van der Waals surface area contributed by atoms with Gasteiger partial charge in [0, 0.05) is 24.4 Å². The van der Waals surface area contributed by atoms with Gasteiger partial charge in [-0.05, 0) is 19.6 Å². The summed E-state index contributed by atoms with van der Waals surface area (Å²) in [6, 6.07) is 2.37. The molecule has 0 fully saturated rings. The molecule has 0 bridgehead atoms. The van der Waals surface area contributed by atoms with Crippen molar-refractivity contribution in [1.29, 1.82) is 0 Å². The predicted octanol–water partition coefficient (Wildman–Crippen LogP) is 2.46. The summed E-state index contributed by atoms with van der Waals surface area (Å²) in [4.78, 5) is 8.36. The first-order chi connectivity index (χ1) is 7.76. The Balaban J connectivity index is 2.52. The first-order valence-corrected chi connectivity index (χ1v) is 6.97. The van der Waals surface area contributed by atoms with Gasteiger partial charge in [-0.3, -0.25) is 0 Å². The van der Waals surface area contributed by atoms with Crippen LogP contribution in [0.15, 0.2) is 12.4 Å². The lowest BCUT2D eigenvalue weighted by Gasteiger charge is -2.13. The van der Waals surface area contributed by atoms with E-state index >= 15 is 0 Å². The van der Waals surface area contributed by atoms with Crippen molar-refractivity contribution in [2.75, 3.05) is 29.2 Å². The minimum absolute atomic E-state index is 0.420. The lowest BCUT2D eigenvalue weighted by molar-refractivity contribution is 0.898. The van der Waals surface area contributed by atoms with Crippen molar-refractivity contribution in [2.45, 2.75) is 26.3 Å². The molecule has 90 valence electrons. The van der Waals surface area contributed by atoms with Gasteiger partial charge in [0.05, 0.1) is 0 Å². The molecule has 4 nitrogen and oxygen atoms in total. The van der Waals surface area contributed by atoms with Crippen LogP contribution in [-0.4, -0.2) is 34.6 Å². The second-order valence-corrected chi connectivity index (χ2v) is 4.63. The Kier molecular flexibility index (Phi) is 6.00. The molecule has 0 aliphatic rings. The van der Waals surface area contributed by atoms with Gasteiger partial charge < -0.3 is 10.6 Å². The summed E-state index contributed by atoms with van der Waals surface area (Å²) < 4.78 is 0. The third-order valence-electron chi connectivity index (χ3n) is 2.03. The van der Waals surface area contributed by atoms with Gasteiger partial charge in [0.2, 0.25) is 0 Å². The Morgan fingerprint density at radius 3 is 2.81 bits per heavy atom. The molecule has 0 saturated carbocycles. The Hall–Kier alpha value is -0.970. The molecule has 0 radical (unpaired) electrons. The molecule has 16 heavy (non-hydrogen) atoms. The molecule has 0 saturated heterocycles. The molecule has 0 amide bonds. The maximum atomic E-state index is 4.20. The van der Waals surface area contributed by atoms with Crippen LogP contribution < -0.4 is 10.6 Å². The van der Waals surface area contributed by atoms with E-state index in [9.17, 15) is 0 Å². The molecular weight excluding hydrogens is 220 g/mol. The summed E-state index contributed by atoms with van der Waals surface area (Å²) >= 11 is 1.83. The number of thioether (sulfide) groups is 1. The number of nitrogens with zero attached hydrogens (tertiary/aromatic N) is 2. The Bertz CT molecular complexity index is 306. The highest BCUT2D eigenvalue weighted by Gasteiger charge is 2.02. The van der Waals surface area contributed by atoms with Crippen LogP contribution >= 0.6 is 11.8 Å². The third-order valence-corrected chi connectivity index (χ3v) is 2.87. The number of hydrogen-bond donors (Lipinski definition) is 2. The Morgan fingerprint density at radius 2 is 2.12 bits per heavy atom. The zero-order chi connectivity index (χ0) is 11.8. The smallest absolute Gasteiger partial charge is 0.131 e. The first-order valence-electron chi connectivity index (χ1n) is 5.57. The normalized spacial score (nSPS) is 12.2. The summed E-state index contributed by atoms with van der Waals surface area (Å²) in [6.07, 6.45) is 4.79. The molecular formula is C11H20N4S. The topological polar surface area (TPSA) is 49.8 Å². The minimum Gasteiger partial charge on any atom is -0.370 e. The summed E-state index contributed by atoms with van der Waals surface area (Å²) in [5.41, 5.74) is 0. The zero-order valence-electron chi connectivity index (χ0n) is 10.2. The van der Waals surface area contributed by atoms with Gasteiger partial charge in [0.1, 0.15) is 18.0 Å². The standard InChI is InChI=1S/C11H20N4S/c1-4-5-12-10-6-11(14-8-13-10)15-9(2)7-16-3/h6,8-9H,4-5,7H2,1-3H3,(H2,12,13,14,15). The lowest BCUT2D eigenvalue weighted by atomic mass is 10.4. The molecule has 0 aliphatic heterocycles. The first kappa shape index (κ1) is 13.1. The van der Waals surface area contributed by atoms with Gasteiger partial charge in [0.15, 0.2) is 0 Å². The van der Waals surface area contributed by atoms with Crippen molar-refractivity contribution in [1.82, 2.24) is 9.97 Å². The van der Waals surface area contributed by atoms with Gasteiger partial charge in [-0.25, -0.2) is 9.97 Å². The summed E-state index contributed by atoms with van der Waals surface area (Å²) in [7, 11) is 0. The van der Waals surface area contributed by atoms with Crippen LogP contribution in [0, 0.1) is 0 Å². The summed E-state index contributed by atoms with van der Waals surface area (Å²) in [6.45, 7) is 5.22. The molecule has 1 heterocycles. The highest BCUT2D eigenvalue weighted by Crippen LogP contribution is 2.10. The van der Waals surface area contributed by atoms with E-state index in [0.29, 0.717) is 6.04 Å². The zero-order valence-corrected chi connectivity index (χ0v) is 11.0. The van der Waals surface area contributed by atoms with Crippen LogP contribution in [0.3, 0.4) is 0 Å². The van der Waals surface area contributed by atoms with E-state index in [4.69, 9.17) is 0 Å². The highest BCUT2D eigenvalue weighted by molar-refractivity contribution is 7.98. The van der Waals surface area contributed by atoms with Crippen molar-refractivity contribution in [3.8, 4) is 0 Å². The average Bonchev–Trinajstić information content (AvgIpc) is 2.27. The fraction of sp³-hybridized carbons (Fsp3) is 0.636. The monoisotopic (exact) mass is 240 g/mol. The van der Waals surface area contributed by atoms with E-state index in [-0.39, 0.29) is 0 Å². The van der Waals surface area contributed by atoms with Crippen LogP contribution in [-0.2, 0) is 0 Å². The third kappa shape index (κ3) is 4.70. The second-order valence-electron chi connectivity index (χ2n) is 3.72. The SMILES string of the molecule is CCCNc1cc(NC(C)CSC)ncn1. The molecule has 1 aromatic heterocycles. The minimum atomic E-state index is 0.420. The predicted molar refractivity (Wildman–Crippen MR) is 72.3 cm³/mol. The van der Waals surface area contributed by atoms with Gasteiger partial charge in [-0.1, -0.05) is 6.92 Å². The maximum absolute atomic E-state index is 4.20. The Labute approximate surface area is 102 Å². The summed E-state index contributed by atoms with van der Waals surface area (Å²) in [5.74, 6) is 2.84. The van der Waals surface area contributed by atoms with Gasteiger partial charge >= 0.3 is 0 Å². The fourth-order valence-electron chi connectivity index (χ4n) is 1.33. The number of rotatable bonds is 7. The van der Waals surface area contributed by atoms with Gasteiger partial charge in [0.25, 0.3) is 0 Å². The molecule has 5 heteroatoms. The van der Waals surface area contributed by atoms with Crippen LogP contribution in [0.25, 0.3) is 0 Å². The van der Waals surface area contributed by atoms with Crippen LogP contribution in [0.1, 0.15) is 20.3 Å². The largest absolute Gasteiger partial charge is 0.370 e. The van der Waals surface area contributed by atoms with E-state index in [2.05, 4.69) is 40.7 Å². The molecule has 2 N–H and O–H groups in total. The van der Waals surface area contributed by atoms with E-state index in [0.717, 1.165) is 30.4 Å². The number of nitrogens with one attached hydrogen (secondary N) is 2. The van der Waals surface area contributed by atoms with E-state index in [1.165, 1.54) is 0 Å². The Morgan fingerprint density at radius 1 is 1.38 bits per heavy atom. The van der Waals surface area contributed by atoms with Crippen molar-refractivity contribution < 1.29 is 0 Å². The van der Waals surface area contributed by atoms with Crippen LogP contribution in [0.4, 0.5) is 11.6 Å². The summed E-state index contributed by atoms with van der Waals surface area (Å²) in [5, 5.41) is 6.59. The highest BCUT2D eigenvalue weighted by atomic mass is 32.2. The van der Waals surface area contributed by atoms with Crippen molar-refractivity contribution in [2.24, 2.45) is 0 Å². The second kappa shape index (κ2) is 7.33. The average molecular weight is 240 g/mol. The molecule has 0 spiro atoms. The molecule has 1 unspecified atom stereocenters. The van der Waals surface area contributed by atoms with Crippen molar-refractivity contribution >= 4 is 23.4 Å². The van der Waals surface area contributed by atoms with E-state index in [1.54, 1.807) is 6.33 Å². The van der Waals surface area contributed by atoms with Crippen molar-refractivity contribution in [3.05, 3.63) is 12.4 Å². The molecule has 0 aromatic carbocycles. The molecule has 1 aromatic rings. The maximum Gasteiger partial charge on any atom is 0.131 e. The van der Waals surface area contributed by atoms with Gasteiger partial charge in [-0.2, -0.15) is 11.8 Å². The lowest BCUT2D eigenvalue weighted by Crippen LogP contribution is -2.18.